The Hall–Kier alpha value is -1.83. The van der Waals surface area contributed by atoms with Gasteiger partial charge in [0.2, 0.25) is 7.12 Å². The molecule has 1 N–H and O–H groups in total. The lowest BCUT2D eigenvalue weighted by Crippen LogP contribution is -2.42. The molecule has 0 aliphatic carbocycles. The van der Waals surface area contributed by atoms with Crippen LogP contribution in [0.4, 0.5) is 0 Å². The first-order valence-electron chi connectivity index (χ1n) is 6.92. The van der Waals surface area contributed by atoms with Crippen molar-refractivity contribution >= 4 is 12.8 Å². The van der Waals surface area contributed by atoms with Crippen molar-refractivity contribution in [2.45, 2.75) is 0 Å². The van der Waals surface area contributed by atoms with Gasteiger partial charge in [-0.25, -0.2) is 0 Å². The van der Waals surface area contributed by atoms with Gasteiger partial charge in [0.25, 0.3) is 0 Å². The lowest BCUT2D eigenvalue weighted by molar-refractivity contribution is 0.182. The summed E-state index contributed by atoms with van der Waals surface area (Å²) in [6, 6.07) is 9.49. The average molecular weight is 288 g/mol. The molecule has 1 radical (unpaired) electrons. The lowest BCUT2D eigenvalue weighted by atomic mass is 9.85. The second-order valence-corrected chi connectivity index (χ2v) is 4.67. The smallest absolute Gasteiger partial charge is 0.219 e. The third-order valence-electron chi connectivity index (χ3n) is 3.24. The van der Waals surface area contributed by atoms with E-state index in [9.17, 15) is 0 Å². The quantitative estimate of drug-likeness (QED) is 0.838. The highest BCUT2D eigenvalue weighted by Gasteiger charge is 2.12. The predicted octanol–water partition coefficient (Wildman–Crippen LogP) is 0.682. The van der Waals surface area contributed by atoms with E-state index < -0.39 is 7.12 Å². The van der Waals surface area contributed by atoms with Gasteiger partial charge in [-0.3, -0.25) is 0 Å². The Labute approximate surface area is 123 Å². The maximum Gasteiger partial charge on any atom is 0.219 e. The molecular formula is C14H17BN2O4-. The molecule has 6 nitrogen and oxygen atoms in total. The molecule has 1 fully saturated rings. The molecule has 2 aromatic rings. The molecule has 1 aliphatic rings. The van der Waals surface area contributed by atoms with E-state index in [1.165, 1.54) is 0 Å². The second-order valence-electron chi connectivity index (χ2n) is 4.67. The van der Waals surface area contributed by atoms with Crippen molar-refractivity contribution in [3.8, 4) is 17.0 Å². The molecule has 1 aromatic carbocycles. The Kier molecular flexibility index (Phi) is 4.54. The summed E-state index contributed by atoms with van der Waals surface area (Å²) < 4.78 is 21.7. The number of aromatic nitrogens is 1. The molecule has 0 atom stereocenters. The molecule has 21 heavy (non-hydrogen) atoms. The van der Waals surface area contributed by atoms with Crippen molar-refractivity contribution in [2.24, 2.45) is 0 Å². The van der Waals surface area contributed by atoms with Crippen LogP contribution >= 0.6 is 0 Å². The van der Waals surface area contributed by atoms with Gasteiger partial charge in [-0.2, -0.15) is 0 Å². The minimum Gasteiger partial charge on any atom is -0.583 e. The number of ether oxygens (including phenoxy) is 1. The van der Waals surface area contributed by atoms with E-state index in [4.69, 9.17) is 18.6 Å². The van der Waals surface area contributed by atoms with Gasteiger partial charge < -0.3 is 23.9 Å². The SMILES string of the molecule is COc1ccc(-c2cc([B-]3OCCNCCO3)on2)cc1. The molecule has 0 unspecified atom stereocenters. The van der Waals surface area contributed by atoms with Crippen LogP contribution in [0.5, 0.6) is 5.75 Å². The van der Waals surface area contributed by atoms with E-state index in [0.717, 1.165) is 30.1 Å². The number of methoxy groups -OCH3 is 1. The molecule has 2 heterocycles. The van der Waals surface area contributed by atoms with Gasteiger partial charge in [0.15, 0.2) is 0 Å². The van der Waals surface area contributed by atoms with E-state index in [-0.39, 0.29) is 0 Å². The second kappa shape index (κ2) is 6.75. The minimum absolute atomic E-state index is 0.494. The summed E-state index contributed by atoms with van der Waals surface area (Å²) in [4.78, 5) is 0. The number of nitrogens with one attached hydrogen (secondary N) is 1. The molecule has 0 spiro atoms. The van der Waals surface area contributed by atoms with Crippen molar-refractivity contribution in [3.05, 3.63) is 30.3 Å². The molecule has 111 valence electrons. The Morgan fingerprint density at radius 1 is 1.14 bits per heavy atom. The van der Waals surface area contributed by atoms with Gasteiger partial charge in [-0.05, 0) is 30.3 Å². The minimum atomic E-state index is -0.494. The summed E-state index contributed by atoms with van der Waals surface area (Å²) in [7, 11) is 1.15. The molecule has 0 saturated carbocycles. The highest BCUT2D eigenvalue weighted by atomic mass is 16.6. The first kappa shape index (κ1) is 14.1. The highest BCUT2D eigenvalue weighted by Crippen LogP contribution is 2.20. The molecular weight excluding hydrogens is 271 g/mol. The number of hydrogen-bond donors (Lipinski definition) is 1. The maximum absolute atomic E-state index is 5.62. The summed E-state index contributed by atoms with van der Waals surface area (Å²) in [5, 5.41) is 7.27. The topological polar surface area (TPSA) is 65.8 Å². The van der Waals surface area contributed by atoms with Crippen LogP contribution in [0.3, 0.4) is 0 Å². The van der Waals surface area contributed by atoms with Crippen LogP contribution in [0.15, 0.2) is 34.9 Å². The van der Waals surface area contributed by atoms with Gasteiger partial charge in [0.1, 0.15) is 11.4 Å². The van der Waals surface area contributed by atoms with Crippen LogP contribution in [-0.4, -0.2) is 45.7 Å². The zero-order chi connectivity index (χ0) is 14.5. The summed E-state index contributed by atoms with van der Waals surface area (Å²) in [5.74, 6) is 0.807. The van der Waals surface area contributed by atoms with Crippen molar-refractivity contribution in [1.29, 1.82) is 0 Å². The zero-order valence-electron chi connectivity index (χ0n) is 11.9. The fourth-order valence-electron chi connectivity index (χ4n) is 2.11. The maximum atomic E-state index is 5.62. The molecule has 0 bridgehead atoms. The number of rotatable bonds is 3. The molecule has 0 amide bonds. The van der Waals surface area contributed by atoms with Gasteiger partial charge in [-0.1, -0.05) is 5.16 Å². The van der Waals surface area contributed by atoms with E-state index >= 15 is 0 Å². The Balaban J connectivity index is 1.74. The number of hydrogen-bond acceptors (Lipinski definition) is 6. The molecule has 1 saturated heterocycles. The Bertz CT molecular complexity index is 565. The zero-order valence-corrected chi connectivity index (χ0v) is 11.9. The van der Waals surface area contributed by atoms with Crippen LogP contribution in [0, 0.1) is 0 Å². The van der Waals surface area contributed by atoms with Crippen molar-refractivity contribution < 1.29 is 18.6 Å². The van der Waals surface area contributed by atoms with Gasteiger partial charge in [0, 0.05) is 37.5 Å². The third kappa shape index (κ3) is 3.44. The molecule has 1 aliphatic heterocycles. The van der Waals surface area contributed by atoms with Crippen LogP contribution < -0.4 is 15.7 Å². The van der Waals surface area contributed by atoms with Gasteiger partial charge in [-0.15, -0.1) is 0 Å². The van der Waals surface area contributed by atoms with E-state index in [0.29, 0.717) is 18.9 Å². The fourth-order valence-corrected chi connectivity index (χ4v) is 2.11. The van der Waals surface area contributed by atoms with Crippen molar-refractivity contribution in [3.63, 3.8) is 0 Å². The van der Waals surface area contributed by atoms with Gasteiger partial charge in [0.05, 0.1) is 7.11 Å². The summed E-state index contributed by atoms with van der Waals surface area (Å²) in [6.07, 6.45) is 0. The summed E-state index contributed by atoms with van der Waals surface area (Å²) in [5.41, 5.74) is 2.29. The first-order valence-corrected chi connectivity index (χ1v) is 6.92. The van der Waals surface area contributed by atoms with E-state index in [1.54, 1.807) is 7.11 Å². The number of benzene rings is 1. The Morgan fingerprint density at radius 2 is 1.86 bits per heavy atom. The van der Waals surface area contributed by atoms with E-state index in [2.05, 4.69) is 10.5 Å². The van der Waals surface area contributed by atoms with Crippen molar-refractivity contribution in [1.82, 2.24) is 10.5 Å². The fraction of sp³-hybridized carbons (Fsp3) is 0.357. The molecule has 3 rings (SSSR count). The van der Waals surface area contributed by atoms with E-state index in [1.807, 2.05) is 30.3 Å². The average Bonchev–Trinajstić information content (AvgIpc) is 2.97. The molecule has 7 heteroatoms. The lowest BCUT2D eigenvalue weighted by Gasteiger charge is -2.30. The summed E-state index contributed by atoms with van der Waals surface area (Å²) >= 11 is 0. The summed E-state index contributed by atoms with van der Waals surface area (Å²) in [6.45, 7) is 2.76. The molecule has 1 aromatic heterocycles. The van der Waals surface area contributed by atoms with Crippen LogP contribution in [-0.2, 0) is 9.31 Å². The highest BCUT2D eigenvalue weighted by molar-refractivity contribution is 6.59. The number of nitrogens with zero attached hydrogens (tertiary/aromatic N) is 1. The largest absolute Gasteiger partial charge is 0.583 e. The predicted molar refractivity (Wildman–Crippen MR) is 78.7 cm³/mol. The van der Waals surface area contributed by atoms with Crippen LogP contribution in [0.25, 0.3) is 11.3 Å². The van der Waals surface area contributed by atoms with Crippen LogP contribution in [0.2, 0.25) is 0 Å². The Morgan fingerprint density at radius 3 is 2.52 bits per heavy atom. The monoisotopic (exact) mass is 288 g/mol. The normalized spacial score (nSPS) is 17.2. The third-order valence-corrected chi connectivity index (χ3v) is 3.24. The first-order chi connectivity index (χ1) is 10.4. The van der Waals surface area contributed by atoms with Crippen LogP contribution in [0.1, 0.15) is 0 Å². The standard InChI is InChI=1S/C14H17BN2O4/c1-18-12-4-2-11(3-5-12)13-10-14(21-17-13)15-19-8-6-16-7-9-20-15/h2-5,10,16H,6-9H2,1H3/q-1. The van der Waals surface area contributed by atoms with Gasteiger partial charge >= 0.3 is 0 Å². The van der Waals surface area contributed by atoms with Crippen molar-refractivity contribution in [2.75, 3.05) is 33.4 Å².